The molecular formula is C20H26FN3O4. The number of carbonyl (C=O) groups is 2. The van der Waals surface area contributed by atoms with Gasteiger partial charge in [-0.1, -0.05) is 12.1 Å². The summed E-state index contributed by atoms with van der Waals surface area (Å²) in [4.78, 5) is 24.2. The van der Waals surface area contributed by atoms with Gasteiger partial charge in [0.25, 0.3) is 0 Å². The molecule has 2 aromatic rings. The van der Waals surface area contributed by atoms with Gasteiger partial charge in [0.1, 0.15) is 17.1 Å². The highest BCUT2D eigenvalue weighted by Crippen LogP contribution is 2.16. The maximum absolute atomic E-state index is 13.1. The van der Waals surface area contributed by atoms with Crippen molar-refractivity contribution in [3.63, 3.8) is 0 Å². The Kier molecular flexibility index (Phi) is 7.14. The molecule has 28 heavy (non-hydrogen) atoms. The van der Waals surface area contributed by atoms with Crippen LogP contribution < -0.4 is 5.32 Å². The smallest absolute Gasteiger partial charge is 0.407 e. The Labute approximate surface area is 163 Å². The van der Waals surface area contributed by atoms with Crippen LogP contribution in [-0.4, -0.2) is 40.6 Å². The number of esters is 1. The van der Waals surface area contributed by atoms with E-state index in [1.807, 2.05) is 0 Å². The van der Waals surface area contributed by atoms with Gasteiger partial charge in [-0.2, -0.15) is 5.10 Å². The number of nitrogens with one attached hydrogen (secondary N) is 1. The number of benzene rings is 1. The maximum Gasteiger partial charge on any atom is 0.407 e. The van der Waals surface area contributed by atoms with Crippen LogP contribution in [-0.2, 0) is 22.4 Å². The van der Waals surface area contributed by atoms with Crippen LogP contribution in [0.4, 0.5) is 9.18 Å². The van der Waals surface area contributed by atoms with Crippen LogP contribution in [0.5, 0.6) is 0 Å². The summed E-state index contributed by atoms with van der Waals surface area (Å²) in [5.74, 6) is -0.812. The van der Waals surface area contributed by atoms with Crippen LogP contribution in [0.2, 0.25) is 0 Å². The van der Waals surface area contributed by atoms with Crippen LogP contribution >= 0.6 is 0 Å². The number of hydrogen-bond acceptors (Lipinski definition) is 5. The fourth-order valence-electron chi connectivity index (χ4n) is 2.56. The highest BCUT2D eigenvalue weighted by molar-refractivity contribution is 5.89. The molecule has 0 aliphatic carbocycles. The fraction of sp³-hybridized carbons (Fsp3) is 0.450. The predicted octanol–water partition coefficient (Wildman–Crippen LogP) is 3.31. The number of aromatic nitrogens is 2. The van der Waals surface area contributed by atoms with Gasteiger partial charge in [0.05, 0.1) is 19.3 Å². The Morgan fingerprint density at radius 2 is 1.89 bits per heavy atom. The molecule has 8 heteroatoms. The molecule has 0 saturated carbocycles. The maximum atomic E-state index is 13.1. The number of alkyl carbamates (subject to hydrolysis) is 1. The number of halogens is 1. The summed E-state index contributed by atoms with van der Waals surface area (Å²) in [6, 6.07) is 6.06. The quantitative estimate of drug-likeness (QED) is 0.732. The van der Waals surface area contributed by atoms with Crippen molar-refractivity contribution in [3.8, 4) is 0 Å². The number of ether oxygens (including phenoxy) is 2. The van der Waals surface area contributed by atoms with E-state index in [2.05, 4.69) is 10.4 Å². The molecule has 0 fully saturated rings. The molecule has 0 spiro atoms. The van der Waals surface area contributed by atoms with E-state index in [1.165, 1.54) is 16.8 Å². The molecule has 0 atom stereocenters. The molecule has 1 amide bonds. The first kappa shape index (κ1) is 21.4. The van der Waals surface area contributed by atoms with E-state index < -0.39 is 17.7 Å². The third kappa shape index (κ3) is 6.37. The minimum absolute atomic E-state index is 0.232. The minimum atomic E-state index is -0.589. The van der Waals surface area contributed by atoms with Crippen LogP contribution in [0.3, 0.4) is 0 Å². The van der Waals surface area contributed by atoms with Crippen molar-refractivity contribution in [2.45, 2.75) is 46.3 Å². The highest BCUT2D eigenvalue weighted by Gasteiger charge is 2.21. The van der Waals surface area contributed by atoms with Gasteiger partial charge in [-0.15, -0.1) is 0 Å². The standard InChI is InChI=1S/C20H26FN3O4/c1-5-27-18(25)17-15(12-14-6-8-16(21)9-7-14)13-23-24(17)11-10-22-19(26)28-20(2,3)4/h6-9,13H,5,10-12H2,1-4H3,(H,22,26). The van der Waals surface area contributed by atoms with E-state index in [9.17, 15) is 14.0 Å². The monoisotopic (exact) mass is 391 g/mol. The zero-order valence-corrected chi connectivity index (χ0v) is 16.6. The van der Waals surface area contributed by atoms with E-state index in [-0.39, 0.29) is 25.5 Å². The molecule has 152 valence electrons. The van der Waals surface area contributed by atoms with Crippen LogP contribution in [0.25, 0.3) is 0 Å². The number of nitrogens with zero attached hydrogens (tertiary/aromatic N) is 2. The first-order valence-electron chi connectivity index (χ1n) is 9.12. The van der Waals surface area contributed by atoms with Crippen molar-refractivity contribution in [2.75, 3.05) is 13.2 Å². The highest BCUT2D eigenvalue weighted by atomic mass is 19.1. The van der Waals surface area contributed by atoms with Crippen LogP contribution in [0, 0.1) is 5.82 Å². The van der Waals surface area contributed by atoms with Gasteiger partial charge in [-0.25, -0.2) is 14.0 Å². The molecule has 1 aromatic carbocycles. The Balaban J connectivity index is 2.11. The molecule has 7 nitrogen and oxygen atoms in total. The second-order valence-corrected chi connectivity index (χ2v) is 7.19. The lowest BCUT2D eigenvalue weighted by Gasteiger charge is -2.19. The molecule has 0 aliphatic heterocycles. The van der Waals surface area contributed by atoms with Gasteiger partial charge in [-0.3, -0.25) is 4.68 Å². The van der Waals surface area contributed by atoms with E-state index >= 15 is 0 Å². The average Bonchev–Trinajstić information content (AvgIpc) is 2.98. The van der Waals surface area contributed by atoms with Crippen molar-refractivity contribution < 1.29 is 23.5 Å². The first-order valence-corrected chi connectivity index (χ1v) is 9.12. The third-order valence-corrected chi connectivity index (χ3v) is 3.68. The topological polar surface area (TPSA) is 82.5 Å². The summed E-state index contributed by atoms with van der Waals surface area (Å²) in [5, 5.41) is 6.89. The van der Waals surface area contributed by atoms with E-state index in [1.54, 1.807) is 46.0 Å². The number of amides is 1. The second kappa shape index (κ2) is 9.34. The lowest BCUT2D eigenvalue weighted by Crippen LogP contribution is -2.34. The van der Waals surface area contributed by atoms with Crippen LogP contribution in [0.1, 0.15) is 49.3 Å². The summed E-state index contributed by atoms with van der Waals surface area (Å²) in [7, 11) is 0. The molecule has 1 N–H and O–H groups in total. The average molecular weight is 391 g/mol. The summed E-state index contributed by atoms with van der Waals surface area (Å²) < 4.78 is 24.9. The number of carbonyl (C=O) groups excluding carboxylic acids is 2. The summed E-state index contributed by atoms with van der Waals surface area (Å²) in [5.41, 5.74) is 1.24. The summed E-state index contributed by atoms with van der Waals surface area (Å²) in [6.45, 7) is 7.80. The molecule has 0 bridgehead atoms. The molecule has 0 radical (unpaired) electrons. The lowest BCUT2D eigenvalue weighted by atomic mass is 10.1. The van der Waals surface area contributed by atoms with Gasteiger partial charge in [0.15, 0.2) is 0 Å². The van der Waals surface area contributed by atoms with Gasteiger partial charge in [-0.05, 0) is 45.4 Å². The molecule has 0 unspecified atom stereocenters. The molecule has 2 rings (SSSR count). The van der Waals surface area contributed by atoms with E-state index in [0.717, 1.165) is 5.56 Å². The second-order valence-electron chi connectivity index (χ2n) is 7.19. The molecule has 1 heterocycles. The fourth-order valence-corrected chi connectivity index (χ4v) is 2.56. The minimum Gasteiger partial charge on any atom is -0.461 e. The van der Waals surface area contributed by atoms with Crippen molar-refractivity contribution in [1.82, 2.24) is 15.1 Å². The Hall–Kier alpha value is -2.90. The number of hydrogen-bond donors (Lipinski definition) is 1. The summed E-state index contributed by atoms with van der Waals surface area (Å²) in [6.07, 6.45) is 1.46. The normalized spacial score (nSPS) is 11.2. The van der Waals surface area contributed by atoms with Crippen molar-refractivity contribution in [1.29, 1.82) is 0 Å². The Morgan fingerprint density at radius 1 is 1.21 bits per heavy atom. The van der Waals surface area contributed by atoms with Gasteiger partial charge in [0, 0.05) is 18.5 Å². The number of rotatable bonds is 7. The van der Waals surface area contributed by atoms with Crippen molar-refractivity contribution in [2.24, 2.45) is 0 Å². The third-order valence-electron chi connectivity index (χ3n) is 3.68. The van der Waals surface area contributed by atoms with Gasteiger partial charge < -0.3 is 14.8 Å². The van der Waals surface area contributed by atoms with E-state index in [4.69, 9.17) is 9.47 Å². The predicted molar refractivity (Wildman–Crippen MR) is 102 cm³/mol. The Morgan fingerprint density at radius 3 is 2.50 bits per heavy atom. The first-order chi connectivity index (χ1) is 13.2. The zero-order valence-electron chi connectivity index (χ0n) is 16.6. The largest absolute Gasteiger partial charge is 0.461 e. The van der Waals surface area contributed by atoms with Crippen molar-refractivity contribution >= 4 is 12.1 Å². The lowest BCUT2D eigenvalue weighted by molar-refractivity contribution is 0.0510. The summed E-state index contributed by atoms with van der Waals surface area (Å²) >= 11 is 0. The van der Waals surface area contributed by atoms with Crippen LogP contribution in [0.15, 0.2) is 30.5 Å². The van der Waals surface area contributed by atoms with Crippen molar-refractivity contribution in [3.05, 3.63) is 53.1 Å². The van der Waals surface area contributed by atoms with Gasteiger partial charge in [0.2, 0.25) is 0 Å². The zero-order chi connectivity index (χ0) is 20.7. The molecule has 0 saturated heterocycles. The molecular weight excluding hydrogens is 365 g/mol. The molecule has 0 aliphatic rings. The van der Waals surface area contributed by atoms with Gasteiger partial charge >= 0.3 is 12.1 Å². The SMILES string of the molecule is CCOC(=O)c1c(Cc2ccc(F)cc2)cnn1CCNC(=O)OC(C)(C)C. The Bertz CT molecular complexity index is 810. The molecule has 1 aromatic heterocycles. The van der Waals surface area contributed by atoms with E-state index in [0.29, 0.717) is 17.7 Å².